The molecule has 0 aliphatic heterocycles. The fourth-order valence-electron chi connectivity index (χ4n) is 1.67. The average molecular weight is 275 g/mol. The molecule has 2 N–H and O–H groups in total. The molecule has 3 nitrogen and oxygen atoms in total. The minimum absolute atomic E-state index is 0.127. The Balaban J connectivity index is 2.06. The van der Waals surface area contributed by atoms with E-state index in [2.05, 4.69) is 10.6 Å². The first-order valence-corrected chi connectivity index (χ1v) is 6.50. The van der Waals surface area contributed by atoms with Crippen LogP contribution in [0.4, 0.5) is 11.4 Å². The minimum Gasteiger partial charge on any atom is -0.388 e. The molecule has 0 unspecified atom stereocenters. The summed E-state index contributed by atoms with van der Waals surface area (Å²) in [7, 11) is 1.85. The second-order valence-corrected chi connectivity index (χ2v) is 4.38. The number of amides is 1. The van der Waals surface area contributed by atoms with Crippen molar-refractivity contribution < 1.29 is 4.79 Å². The molecule has 4 heteroatoms. The van der Waals surface area contributed by atoms with Crippen molar-refractivity contribution in [2.75, 3.05) is 17.7 Å². The van der Waals surface area contributed by atoms with Crippen LogP contribution >= 0.6 is 11.6 Å². The number of anilines is 2. The number of nitrogens with one attached hydrogen (secondary N) is 2. The van der Waals surface area contributed by atoms with Gasteiger partial charge >= 0.3 is 0 Å². The van der Waals surface area contributed by atoms with E-state index in [0.717, 1.165) is 16.9 Å². The summed E-state index contributed by atoms with van der Waals surface area (Å²) < 4.78 is 0. The predicted molar refractivity (Wildman–Crippen MR) is 79.9 cm³/mol. The van der Waals surface area contributed by atoms with E-state index in [1.807, 2.05) is 43.4 Å². The van der Waals surface area contributed by atoms with Crippen molar-refractivity contribution in [3.8, 4) is 0 Å². The van der Waals surface area contributed by atoms with Crippen LogP contribution in [-0.2, 0) is 5.88 Å². The second kappa shape index (κ2) is 6.25. The number of carbonyl (C=O) groups excluding carboxylic acids is 1. The molecular formula is C15H15ClN2O. The lowest BCUT2D eigenvalue weighted by molar-refractivity contribution is 0.102. The maximum atomic E-state index is 12.0. The molecule has 0 radical (unpaired) electrons. The minimum atomic E-state index is -0.127. The van der Waals surface area contributed by atoms with Crippen molar-refractivity contribution in [1.82, 2.24) is 0 Å². The Morgan fingerprint density at radius 3 is 2.11 bits per heavy atom. The number of hydrogen-bond acceptors (Lipinski definition) is 2. The first kappa shape index (κ1) is 13.4. The fraction of sp³-hybridized carbons (Fsp3) is 0.133. The van der Waals surface area contributed by atoms with Crippen LogP contribution < -0.4 is 10.6 Å². The van der Waals surface area contributed by atoms with Crippen molar-refractivity contribution in [1.29, 1.82) is 0 Å². The summed E-state index contributed by atoms with van der Waals surface area (Å²) in [6, 6.07) is 14.8. The highest BCUT2D eigenvalue weighted by Crippen LogP contribution is 2.14. The molecule has 0 saturated heterocycles. The Labute approximate surface area is 117 Å². The lowest BCUT2D eigenvalue weighted by atomic mass is 10.1. The van der Waals surface area contributed by atoms with Crippen LogP contribution in [0.25, 0.3) is 0 Å². The third-order valence-corrected chi connectivity index (χ3v) is 3.11. The van der Waals surface area contributed by atoms with E-state index in [1.165, 1.54) is 0 Å². The largest absolute Gasteiger partial charge is 0.388 e. The lowest BCUT2D eigenvalue weighted by Crippen LogP contribution is -2.11. The van der Waals surface area contributed by atoms with Gasteiger partial charge in [-0.25, -0.2) is 0 Å². The van der Waals surface area contributed by atoms with E-state index in [1.54, 1.807) is 12.1 Å². The van der Waals surface area contributed by atoms with Crippen LogP contribution in [0, 0.1) is 0 Å². The van der Waals surface area contributed by atoms with Crippen LogP contribution in [0.1, 0.15) is 15.9 Å². The molecule has 2 rings (SSSR count). The van der Waals surface area contributed by atoms with E-state index in [-0.39, 0.29) is 5.91 Å². The van der Waals surface area contributed by atoms with Crippen LogP contribution in [0.5, 0.6) is 0 Å². The van der Waals surface area contributed by atoms with Gasteiger partial charge in [-0.3, -0.25) is 4.79 Å². The van der Waals surface area contributed by atoms with Gasteiger partial charge in [-0.2, -0.15) is 0 Å². The van der Waals surface area contributed by atoms with Crippen LogP contribution in [0.15, 0.2) is 48.5 Å². The highest BCUT2D eigenvalue weighted by atomic mass is 35.5. The molecular weight excluding hydrogens is 260 g/mol. The van der Waals surface area contributed by atoms with Gasteiger partial charge in [0.05, 0.1) is 0 Å². The molecule has 0 heterocycles. The molecule has 2 aromatic rings. The first-order valence-electron chi connectivity index (χ1n) is 5.97. The van der Waals surface area contributed by atoms with E-state index in [9.17, 15) is 4.79 Å². The molecule has 0 fully saturated rings. The molecule has 2 aromatic carbocycles. The molecule has 0 aliphatic rings. The molecule has 0 bridgehead atoms. The molecule has 0 aliphatic carbocycles. The number of benzene rings is 2. The predicted octanol–water partition coefficient (Wildman–Crippen LogP) is 3.72. The highest BCUT2D eigenvalue weighted by Gasteiger charge is 2.05. The van der Waals surface area contributed by atoms with Gasteiger partial charge in [-0.05, 0) is 42.0 Å². The van der Waals surface area contributed by atoms with Crippen LogP contribution in [-0.4, -0.2) is 13.0 Å². The molecule has 19 heavy (non-hydrogen) atoms. The molecule has 0 atom stereocenters. The monoisotopic (exact) mass is 274 g/mol. The van der Waals surface area contributed by atoms with Gasteiger partial charge in [0.2, 0.25) is 0 Å². The Morgan fingerprint density at radius 1 is 1.00 bits per heavy atom. The average Bonchev–Trinajstić information content (AvgIpc) is 2.48. The van der Waals surface area contributed by atoms with Crippen LogP contribution in [0.3, 0.4) is 0 Å². The number of halogens is 1. The van der Waals surface area contributed by atoms with Gasteiger partial charge in [0.1, 0.15) is 0 Å². The standard InChI is InChI=1S/C15H15ClN2O/c1-17-13-6-8-14(9-7-13)18-15(19)12-4-2-11(10-16)3-5-12/h2-9,17H,10H2,1H3,(H,18,19). The quantitative estimate of drug-likeness (QED) is 0.835. The van der Waals surface area contributed by atoms with Gasteiger partial charge in [-0.1, -0.05) is 12.1 Å². The second-order valence-electron chi connectivity index (χ2n) is 4.11. The summed E-state index contributed by atoms with van der Waals surface area (Å²) in [6.07, 6.45) is 0. The number of hydrogen-bond donors (Lipinski definition) is 2. The summed E-state index contributed by atoms with van der Waals surface area (Å²) in [4.78, 5) is 12.0. The van der Waals surface area contributed by atoms with Crippen LogP contribution in [0.2, 0.25) is 0 Å². The van der Waals surface area contributed by atoms with Crippen molar-refractivity contribution in [3.63, 3.8) is 0 Å². The summed E-state index contributed by atoms with van der Waals surface area (Å²) in [5, 5.41) is 5.87. The Morgan fingerprint density at radius 2 is 1.58 bits per heavy atom. The maximum Gasteiger partial charge on any atom is 0.255 e. The van der Waals surface area contributed by atoms with E-state index >= 15 is 0 Å². The lowest BCUT2D eigenvalue weighted by Gasteiger charge is -2.07. The zero-order valence-corrected chi connectivity index (χ0v) is 11.4. The van der Waals surface area contributed by atoms with Gasteiger partial charge in [-0.15, -0.1) is 11.6 Å². The van der Waals surface area contributed by atoms with Crippen molar-refractivity contribution >= 4 is 28.9 Å². The zero-order valence-electron chi connectivity index (χ0n) is 10.6. The Kier molecular flexibility index (Phi) is 4.42. The topological polar surface area (TPSA) is 41.1 Å². The SMILES string of the molecule is CNc1ccc(NC(=O)c2ccc(CCl)cc2)cc1. The van der Waals surface area contributed by atoms with E-state index < -0.39 is 0 Å². The summed E-state index contributed by atoms with van der Waals surface area (Å²) in [6.45, 7) is 0. The van der Waals surface area contributed by atoms with Crippen molar-refractivity contribution in [2.24, 2.45) is 0 Å². The van der Waals surface area contributed by atoms with Gasteiger partial charge in [0.25, 0.3) is 5.91 Å². The third kappa shape index (κ3) is 3.48. The smallest absolute Gasteiger partial charge is 0.255 e. The van der Waals surface area contributed by atoms with E-state index in [0.29, 0.717) is 11.4 Å². The summed E-state index contributed by atoms with van der Waals surface area (Å²) >= 11 is 5.71. The van der Waals surface area contributed by atoms with E-state index in [4.69, 9.17) is 11.6 Å². The maximum absolute atomic E-state index is 12.0. The number of rotatable bonds is 4. The van der Waals surface area contributed by atoms with Gasteiger partial charge in [0.15, 0.2) is 0 Å². The third-order valence-electron chi connectivity index (χ3n) is 2.80. The number of alkyl halides is 1. The van der Waals surface area contributed by atoms with Crippen molar-refractivity contribution in [2.45, 2.75) is 5.88 Å². The van der Waals surface area contributed by atoms with Gasteiger partial charge in [0, 0.05) is 29.9 Å². The molecule has 0 saturated carbocycles. The fourth-order valence-corrected chi connectivity index (χ4v) is 1.85. The Bertz CT molecular complexity index is 549. The molecule has 0 spiro atoms. The normalized spacial score (nSPS) is 10.0. The highest BCUT2D eigenvalue weighted by molar-refractivity contribution is 6.17. The number of carbonyl (C=O) groups is 1. The first-order chi connectivity index (χ1) is 9.22. The summed E-state index contributed by atoms with van der Waals surface area (Å²) in [5.41, 5.74) is 3.39. The van der Waals surface area contributed by atoms with Gasteiger partial charge < -0.3 is 10.6 Å². The Hall–Kier alpha value is -2.00. The van der Waals surface area contributed by atoms with Crippen molar-refractivity contribution in [3.05, 3.63) is 59.7 Å². The summed E-state index contributed by atoms with van der Waals surface area (Å²) in [5.74, 6) is 0.325. The molecule has 0 aromatic heterocycles. The molecule has 98 valence electrons. The molecule has 1 amide bonds. The zero-order chi connectivity index (χ0) is 13.7.